The number of hydrogen-bond acceptors (Lipinski definition) is 8. The molecule has 0 aliphatic heterocycles. The topological polar surface area (TPSA) is 149 Å². The second-order valence-corrected chi connectivity index (χ2v) is 6.66. The van der Waals surface area contributed by atoms with Gasteiger partial charge in [0.1, 0.15) is 5.69 Å². The Labute approximate surface area is 180 Å². The number of ether oxygens (including phenoxy) is 2. The number of imidazole rings is 1. The average Bonchev–Trinajstić information content (AvgIpc) is 3.57. The summed E-state index contributed by atoms with van der Waals surface area (Å²) >= 11 is 0. The summed E-state index contributed by atoms with van der Waals surface area (Å²) in [5, 5.41) is 21.5. The fourth-order valence-corrected chi connectivity index (χ4v) is 3.17. The fraction of sp³-hybridized carbons (Fsp3) is 0.100. The number of benzene rings is 2. The monoisotopic (exact) mass is 431 g/mol. The molecule has 0 aliphatic rings. The SMILES string of the molecule is COc1cc2nc(-c3[nH]ncc3NC(=O)c3nnn(-c4ccccc4)n3)[nH]c2cc1OC. The Morgan fingerprint density at radius 3 is 2.66 bits per heavy atom. The first-order chi connectivity index (χ1) is 15.7. The molecule has 5 rings (SSSR count). The van der Waals surface area contributed by atoms with Gasteiger partial charge in [-0.15, -0.1) is 15.0 Å². The lowest BCUT2D eigenvalue weighted by Gasteiger charge is -2.06. The Hall–Kier alpha value is -4.74. The van der Waals surface area contributed by atoms with Crippen molar-refractivity contribution in [2.75, 3.05) is 19.5 Å². The van der Waals surface area contributed by atoms with Crippen LogP contribution < -0.4 is 14.8 Å². The summed E-state index contributed by atoms with van der Waals surface area (Å²) < 4.78 is 10.7. The number of aromatic amines is 2. The van der Waals surface area contributed by atoms with E-state index in [0.29, 0.717) is 39.9 Å². The van der Waals surface area contributed by atoms with E-state index >= 15 is 0 Å². The zero-order valence-electron chi connectivity index (χ0n) is 17.0. The van der Waals surface area contributed by atoms with Crippen molar-refractivity contribution >= 4 is 22.6 Å². The Bertz CT molecular complexity index is 1360. The third-order valence-corrected chi connectivity index (χ3v) is 4.72. The second-order valence-electron chi connectivity index (χ2n) is 6.66. The van der Waals surface area contributed by atoms with Gasteiger partial charge >= 0.3 is 0 Å². The van der Waals surface area contributed by atoms with E-state index in [2.05, 4.69) is 40.9 Å². The Balaban J connectivity index is 1.42. The predicted molar refractivity (Wildman–Crippen MR) is 114 cm³/mol. The van der Waals surface area contributed by atoms with Crippen molar-refractivity contribution in [1.29, 1.82) is 0 Å². The van der Waals surface area contributed by atoms with Crippen molar-refractivity contribution in [2.45, 2.75) is 0 Å². The van der Waals surface area contributed by atoms with Crippen LogP contribution in [0.5, 0.6) is 11.5 Å². The van der Waals surface area contributed by atoms with Crippen LogP contribution in [-0.4, -0.2) is 60.5 Å². The van der Waals surface area contributed by atoms with Gasteiger partial charge in [0.25, 0.3) is 11.7 Å². The summed E-state index contributed by atoms with van der Waals surface area (Å²) in [7, 11) is 3.12. The fourth-order valence-electron chi connectivity index (χ4n) is 3.17. The maximum Gasteiger partial charge on any atom is 0.297 e. The molecular weight excluding hydrogens is 414 g/mol. The van der Waals surface area contributed by atoms with Crippen molar-refractivity contribution in [3.8, 4) is 28.7 Å². The number of para-hydroxylation sites is 1. The summed E-state index contributed by atoms with van der Waals surface area (Å²) in [5.74, 6) is 0.989. The van der Waals surface area contributed by atoms with Crippen molar-refractivity contribution in [3.05, 3.63) is 54.5 Å². The highest BCUT2D eigenvalue weighted by Gasteiger charge is 2.19. The van der Waals surface area contributed by atoms with Crippen LogP contribution in [-0.2, 0) is 0 Å². The molecule has 0 unspecified atom stereocenters. The van der Waals surface area contributed by atoms with Crippen molar-refractivity contribution in [2.24, 2.45) is 0 Å². The maximum absolute atomic E-state index is 12.7. The highest BCUT2D eigenvalue weighted by Crippen LogP contribution is 2.33. The van der Waals surface area contributed by atoms with Crippen molar-refractivity contribution in [3.63, 3.8) is 0 Å². The van der Waals surface area contributed by atoms with Gasteiger partial charge in [0, 0.05) is 12.1 Å². The molecule has 0 saturated heterocycles. The summed E-state index contributed by atoms with van der Waals surface area (Å²) in [6.07, 6.45) is 1.48. The van der Waals surface area contributed by atoms with Crippen molar-refractivity contribution in [1.82, 2.24) is 40.4 Å². The molecule has 160 valence electrons. The summed E-state index contributed by atoms with van der Waals surface area (Å²) in [6.45, 7) is 0. The predicted octanol–water partition coefficient (Wildman–Crippen LogP) is 2.20. The Kier molecular flexibility index (Phi) is 4.71. The van der Waals surface area contributed by atoms with Crippen LogP contribution in [0.2, 0.25) is 0 Å². The van der Waals surface area contributed by atoms with Gasteiger partial charge in [0.2, 0.25) is 0 Å². The first-order valence-corrected chi connectivity index (χ1v) is 9.48. The summed E-state index contributed by atoms with van der Waals surface area (Å²) in [6, 6.07) is 12.7. The highest BCUT2D eigenvalue weighted by atomic mass is 16.5. The standard InChI is InChI=1S/C20H17N9O3/c1-31-15-8-12-13(9-16(15)32-2)23-18(22-12)17-14(10-21-25-17)24-20(30)19-26-28-29(27-19)11-6-4-3-5-7-11/h3-10H,1-2H3,(H,21,25)(H,22,23)(H,24,30). The minimum Gasteiger partial charge on any atom is -0.493 e. The number of carbonyl (C=O) groups is 1. The number of fused-ring (bicyclic) bond motifs is 1. The van der Waals surface area contributed by atoms with Gasteiger partial charge in [-0.3, -0.25) is 9.89 Å². The number of hydrogen-bond donors (Lipinski definition) is 3. The van der Waals surface area contributed by atoms with Crippen LogP contribution in [0.4, 0.5) is 5.69 Å². The number of aromatic nitrogens is 8. The van der Waals surface area contributed by atoms with Gasteiger partial charge in [0.05, 0.1) is 42.8 Å². The Morgan fingerprint density at radius 1 is 1.09 bits per heavy atom. The number of amides is 1. The number of anilines is 1. The van der Waals surface area contributed by atoms with E-state index in [1.165, 1.54) is 11.0 Å². The molecule has 2 aromatic carbocycles. The smallest absolute Gasteiger partial charge is 0.297 e. The molecule has 32 heavy (non-hydrogen) atoms. The number of carbonyl (C=O) groups excluding carboxylic acids is 1. The van der Waals surface area contributed by atoms with Crippen LogP contribution in [0.3, 0.4) is 0 Å². The van der Waals surface area contributed by atoms with E-state index in [9.17, 15) is 4.79 Å². The molecule has 5 aromatic rings. The molecule has 3 N–H and O–H groups in total. The van der Waals surface area contributed by atoms with Gasteiger partial charge in [-0.25, -0.2) is 4.98 Å². The molecule has 0 aliphatic carbocycles. The highest BCUT2D eigenvalue weighted by molar-refractivity contribution is 6.03. The largest absolute Gasteiger partial charge is 0.493 e. The number of methoxy groups -OCH3 is 2. The summed E-state index contributed by atoms with van der Waals surface area (Å²) in [5.41, 5.74) is 2.98. The third-order valence-electron chi connectivity index (χ3n) is 4.72. The van der Waals surface area contributed by atoms with E-state index in [1.807, 2.05) is 30.3 Å². The molecule has 0 radical (unpaired) electrons. The zero-order valence-corrected chi connectivity index (χ0v) is 17.0. The first-order valence-electron chi connectivity index (χ1n) is 9.48. The van der Waals surface area contributed by atoms with Gasteiger partial charge < -0.3 is 19.8 Å². The van der Waals surface area contributed by atoms with Crippen LogP contribution in [0, 0.1) is 0 Å². The van der Waals surface area contributed by atoms with E-state index < -0.39 is 5.91 Å². The molecule has 3 heterocycles. The minimum atomic E-state index is -0.533. The number of nitrogens with one attached hydrogen (secondary N) is 3. The molecule has 12 heteroatoms. The summed E-state index contributed by atoms with van der Waals surface area (Å²) in [4.78, 5) is 21.7. The molecule has 0 bridgehead atoms. The van der Waals surface area contributed by atoms with Crippen molar-refractivity contribution < 1.29 is 14.3 Å². The van der Waals surface area contributed by atoms with E-state index in [1.54, 1.807) is 26.4 Å². The molecule has 0 saturated carbocycles. The lowest BCUT2D eigenvalue weighted by molar-refractivity contribution is 0.101. The van der Waals surface area contributed by atoms with Gasteiger partial charge in [-0.2, -0.15) is 5.10 Å². The average molecular weight is 431 g/mol. The van der Waals surface area contributed by atoms with Gasteiger partial charge in [-0.1, -0.05) is 18.2 Å². The van der Waals surface area contributed by atoms with E-state index in [0.717, 1.165) is 5.52 Å². The molecule has 3 aromatic heterocycles. The second kappa shape index (κ2) is 7.83. The molecule has 0 fully saturated rings. The number of rotatable bonds is 6. The first kappa shape index (κ1) is 19.2. The number of nitrogens with zero attached hydrogens (tertiary/aromatic N) is 6. The molecule has 0 atom stereocenters. The number of H-pyrrole nitrogens is 2. The molecule has 1 amide bonds. The lowest BCUT2D eigenvalue weighted by Crippen LogP contribution is -2.14. The quantitative estimate of drug-likeness (QED) is 0.370. The normalized spacial score (nSPS) is 10.9. The third kappa shape index (κ3) is 3.39. The van der Waals surface area contributed by atoms with Crippen LogP contribution in [0.25, 0.3) is 28.2 Å². The van der Waals surface area contributed by atoms with Crippen LogP contribution in [0.15, 0.2) is 48.7 Å². The van der Waals surface area contributed by atoms with E-state index in [4.69, 9.17) is 9.47 Å². The van der Waals surface area contributed by atoms with Gasteiger partial charge in [-0.05, 0) is 17.3 Å². The Morgan fingerprint density at radius 2 is 1.88 bits per heavy atom. The molecular formula is C20H17N9O3. The van der Waals surface area contributed by atoms with Gasteiger partial charge in [0.15, 0.2) is 17.3 Å². The van der Waals surface area contributed by atoms with E-state index in [-0.39, 0.29) is 5.82 Å². The van der Waals surface area contributed by atoms with Crippen LogP contribution in [0.1, 0.15) is 10.6 Å². The maximum atomic E-state index is 12.7. The van der Waals surface area contributed by atoms with Crippen LogP contribution >= 0.6 is 0 Å². The zero-order chi connectivity index (χ0) is 22.1. The molecule has 12 nitrogen and oxygen atoms in total. The molecule has 0 spiro atoms. The minimum absolute atomic E-state index is 0.0833. The number of tetrazole rings is 1. The lowest BCUT2D eigenvalue weighted by atomic mass is 10.3.